The molecule has 25 heavy (non-hydrogen) atoms. The number of rotatable bonds is 1. The maximum Gasteiger partial charge on any atom is 0.221 e. The third-order valence-electron chi connectivity index (χ3n) is 3.75. The highest BCUT2D eigenvalue weighted by Gasteiger charge is 2.15. The van der Waals surface area contributed by atoms with Crippen LogP contribution in [0.3, 0.4) is 0 Å². The third kappa shape index (κ3) is 3.52. The Hall–Kier alpha value is -2.37. The van der Waals surface area contributed by atoms with Crippen LogP contribution in [0.1, 0.15) is 6.92 Å². The lowest BCUT2D eigenvalue weighted by atomic mass is 10.2. The maximum absolute atomic E-state index is 11.4. The van der Waals surface area contributed by atoms with Crippen molar-refractivity contribution in [2.45, 2.75) is 26.5 Å². The Kier molecular flexibility index (Phi) is 4.42. The molecular formula is C20H16N2OS2. The topological polar surface area (TPSA) is 41.1 Å². The van der Waals surface area contributed by atoms with Crippen molar-refractivity contribution in [2.75, 3.05) is 10.6 Å². The molecular weight excluding hydrogens is 348 g/mol. The Bertz CT molecular complexity index is 950. The fourth-order valence-corrected chi connectivity index (χ4v) is 4.74. The molecule has 0 aromatic heterocycles. The van der Waals surface area contributed by atoms with Gasteiger partial charge in [-0.25, -0.2) is 0 Å². The number of hydrogen-bond donors (Lipinski definition) is 2. The zero-order valence-corrected chi connectivity index (χ0v) is 15.2. The SMILES string of the molecule is CC(=O)Nc1ccc2c(c1)Nc1ccccc1Sc1ccccc1S2. The molecule has 1 heterocycles. The average molecular weight is 364 g/mol. The largest absolute Gasteiger partial charge is 0.354 e. The molecule has 0 unspecified atom stereocenters. The number of nitrogens with one attached hydrogen (secondary N) is 2. The minimum atomic E-state index is -0.0722. The van der Waals surface area contributed by atoms with E-state index in [0.29, 0.717) is 0 Å². The zero-order valence-electron chi connectivity index (χ0n) is 13.6. The lowest BCUT2D eigenvalue weighted by molar-refractivity contribution is -0.114. The summed E-state index contributed by atoms with van der Waals surface area (Å²) in [4.78, 5) is 16.1. The molecule has 1 amide bonds. The lowest BCUT2D eigenvalue weighted by Gasteiger charge is -2.14. The van der Waals surface area contributed by atoms with E-state index in [1.54, 1.807) is 23.5 Å². The van der Waals surface area contributed by atoms with E-state index >= 15 is 0 Å². The predicted molar refractivity (Wildman–Crippen MR) is 105 cm³/mol. The quantitative estimate of drug-likeness (QED) is 0.434. The molecule has 3 nitrogen and oxygen atoms in total. The van der Waals surface area contributed by atoms with Crippen LogP contribution in [0.2, 0.25) is 0 Å². The summed E-state index contributed by atoms with van der Waals surface area (Å²) in [5.41, 5.74) is 2.84. The first kappa shape index (κ1) is 16.1. The molecule has 0 bridgehead atoms. The van der Waals surface area contributed by atoms with Crippen molar-refractivity contribution in [1.82, 2.24) is 0 Å². The van der Waals surface area contributed by atoms with Gasteiger partial charge in [0.05, 0.1) is 11.4 Å². The molecule has 0 saturated heterocycles. The van der Waals surface area contributed by atoms with Gasteiger partial charge in [-0.3, -0.25) is 4.79 Å². The van der Waals surface area contributed by atoms with E-state index < -0.39 is 0 Å². The summed E-state index contributed by atoms with van der Waals surface area (Å²) in [7, 11) is 0. The van der Waals surface area contributed by atoms with Crippen LogP contribution in [0.15, 0.2) is 86.3 Å². The summed E-state index contributed by atoms with van der Waals surface area (Å²) in [6.45, 7) is 1.52. The smallest absolute Gasteiger partial charge is 0.221 e. The van der Waals surface area contributed by atoms with Crippen LogP contribution < -0.4 is 10.6 Å². The van der Waals surface area contributed by atoms with E-state index in [4.69, 9.17) is 0 Å². The van der Waals surface area contributed by atoms with Crippen LogP contribution >= 0.6 is 23.5 Å². The summed E-state index contributed by atoms with van der Waals surface area (Å²) in [5.74, 6) is -0.0722. The first-order valence-corrected chi connectivity index (χ1v) is 9.55. The number of benzene rings is 3. The van der Waals surface area contributed by atoms with E-state index in [1.165, 1.54) is 21.6 Å². The summed E-state index contributed by atoms with van der Waals surface area (Å²) >= 11 is 3.49. The van der Waals surface area contributed by atoms with E-state index in [-0.39, 0.29) is 5.91 Å². The molecule has 1 aliphatic rings. The van der Waals surface area contributed by atoms with Gasteiger partial charge in [0.2, 0.25) is 5.91 Å². The minimum absolute atomic E-state index is 0.0722. The third-order valence-corrected chi connectivity index (χ3v) is 6.18. The van der Waals surface area contributed by atoms with E-state index in [9.17, 15) is 4.79 Å². The van der Waals surface area contributed by atoms with Crippen LogP contribution in [0.4, 0.5) is 17.1 Å². The standard InChI is InChI=1S/C20H16N2OS2/c1-13(23)21-14-10-11-18-16(12-14)22-15-6-2-3-7-17(15)24-19-8-4-5-9-20(19)25-18/h2-12,22H,1H3,(H,21,23). The number of para-hydroxylation sites is 1. The Balaban J connectivity index is 1.86. The monoisotopic (exact) mass is 364 g/mol. The summed E-state index contributed by atoms with van der Waals surface area (Å²) in [5, 5.41) is 6.39. The van der Waals surface area contributed by atoms with Gasteiger partial charge in [0.15, 0.2) is 0 Å². The molecule has 0 spiro atoms. The van der Waals surface area contributed by atoms with E-state index in [1.807, 2.05) is 24.3 Å². The normalized spacial score (nSPS) is 12.4. The van der Waals surface area contributed by atoms with Gasteiger partial charge in [0.1, 0.15) is 0 Å². The summed E-state index contributed by atoms with van der Waals surface area (Å²) < 4.78 is 0. The van der Waals surface area contributed by atoms with Crippen molar-refractivity contribution in [3.05, 3.63) is 66.7 Å². The van der Waals surface area contributed by atoms with Crippen LogP contribution in [0.5, 0.6) is 0 Å². The molecule has 0 atom stereocenters. The van der Waals surface area contributed by atoms with Gasteiger partial charge in [0.25, 0.3) is 0 Å². The first-order chi connectivity index (χ1) is 12.2. The molecule has 1 aliphatic heterocycles. The fraction of sp³-hybridized carbons (Fsp3) is 0.0500. The Labute approximate surface area is 155 Å². The highest BCUT2D eigenvalue weighted by Crippen LogP contribution is 2.46. The molecule has 3 aromatic carbocycles. The fourth-order valence-electron chi connectivity index (χ4n) is 2.66. The van der Waals surface area contributed by atoms with Gasteiger partial charge in [-0.15, -0.1) is 0 Å². The number of anilines is 3. The van der Waals surface area contributed by atoms with Crippen LogP contribution in [0.25, 0.3) is 0 Å². The summed E-state index contributed by atoms with van der Waals surface area (Å²) in [6.07, 6.45) is 0. The number of carbonyl (C=O) groups is 1. The van der Waals surface area contributed by atoms with Crippen molar-refractivity contribution in [1.29, 1.82) is 0 Å². The van der Waals surface area contributed by atoms with E-state index in [2.05, 4.69) is 53.1 Å². The Morgan fingerprint density at radius 2 is 1.40 bits per heavy atom. The molecule has 3 aromatic rings. The zero-order chi connectivity index (χ0) is 17.2. The average Bonchev–Trinajstić information content (AvgIpc) is 2.66. The molecule has 2 N–H and O–H groups in total. The van der Waals surface area contributed by atoms with Crippen LogP contribution in [-0.2, 0) is 4.79 Å². The van der Waals surface area contributed by atoms with Gasteiger partial charge < -0.3 is 10.6 Å². The number of amides is 1. The second-order valence-electron chi connectivity index (χ2n) is 5.66. The maximum atomic E-state index is 11.4. The molecule has 5 heteroatoms. The van der Waals surface area contributed by atoms with Gasteiger partial charge in [0, 0.05) is 32.2 Å². The van der Waals surface area contributed by atoms with Crippen LogP contribution in [0, 0.1) is 0 Å². The van der Waals surface area contributed by atoms with Crippen molar-refractivity contribution in [3.63, 3.8) is 0 Å². The molecule has 0 radical (unpaired) electrons. The highest BCUT2D eigenvalue weighted by molar-refractivity contribution is 8.02. The van der Waals surface area contributed by atoms with E-state index in [0.717, 1.165) is 22.0 Å². The number of hydrogen-bond acceptors (Lipinski definition) is 4. The van der Waals surface area contributed by atoms with Gasteiger partial charge in [-0.05, 0) is 42.5 Å². The van der Waals surface area contributed by atoms with Crippen molar-refractivity contribution >= 4 is 46.5 Å². The van der Waals surface area contributed by atoms with Crippen molar-refractivity contribution in [2.24, 2.45) is 0 Å². The van der Waals surface area contributed by atoms with Crippen molar-refractivity contribution in [3.8, 4) is 0 Å². The highest BCUT2D eigenvalue weighted by atomic mass is 32.2. The van der Waals surface area contributed by atoms with Gasteiger partial charge in [-0.2, -0.15) is 0 Å². The van der Waals surface area contributed by atoms with Crippen molar-refractivity contribution < 1.29 is 4.79 Å². The molecule has 0 aliphatic carbocycles. The van der Waals surface area contributed by atoms with Gasteiger partial charge >= 0.3 is 0 Å². The molecule has 4 rings (SSSR count). The lowest BCUT2D eigenvalue weighted by Crippen LogP contribution is -2.06. The molecule has 0 saturated carbocycles. The second-order valence-corrected chi connectivity index (χ2v) is 7.83. The Morgan fingerprint density at radius 1 is 0.800 bits per heavy atom. The van der Waals surface area contributed by atoms with Gasteiger partial charge in [-0.1, -0.05) is 47.8 Å². The summed E-state index contributed by atoms with van der Waals surface area (Å²) in [6, 6.07) is 22.7. The molecule has 0 fully saturated rings. The second kappa shape index (κ2) is 6.86. The first-order valence-electron chi connectivity index (χ1n) is 7.91. The number of fused-ring (bicyclic) bond motifs is 3. The predicted octanol–water partition coefficient (Wildman–Crippen LogP) is 6.00. The molecule has 124 valence electrons. The minimum Gasteiger partial charge on any atom is -0.354 e. The Morgan fingerprint density at radius 3 is 2.08 bits per heavy atom. The number of carbonyl (C=O) groups excluding carboxylic acids is 1. The van der Waals surface area contributed by atoms with Crippen LogP contribution in [-0.4, -0.2) is 5.91 Å².